The largest absolute Gasteiger partial charge is 0.388 e. The van der Waals surface area contributed by atoms with Crippen LogP contribution in [0.3, 0.4) is 0 Å². The third-order valence-electron chi connectivity index (χ3n) is 4.12. The standard InChI is InChI=1S/C22H23O4P/c23-22(21-14-8-3-9-15-21)18-27(24,25-16-19-10-4-1-5-11-19)26-17-20-12-6-2-7-13-20/h1-15,22-23H,16-18H2. The molecule has 0 fully saturated rings. The van der Waals surface area contributed by atoms with E-state index in [2.05, 4.69) is 0 Å². The molecule has 140 valence electrons. The zero-order valence-electron chi connectivity index (χ0n) is 15.0. The van der Waals surface area contributed by atoms with Crippen LogP contribution in [0.4, 0.5) is 0 Å². The highest BCUT2D eigenvalue weighted by atomic mass is 31.2. The Balaban J connectivity index is 1.71. The van der Waals surface area contributed by atoms with Gasteiger partial charge in [-0.3, -0.25) is 4.57 Å². The van der Waals surface area contributed by atoms with E-state index in [-0.39, 0.29) is 19.4 Å². The first-order valence-electron chi connectivity index (χ1n) is 8.84. The fraction of sp³-hybridized carbons (Fsp3) is 0.182. The van der Waals surface area contributed by atoms with Crippen LogP contribution in [0.2, 0.25) is 0 Å². The van der Waals surface area contributed by atoms with Crippen LogP contribution in [-0.4, -0.2) is 11.3 Å². The van der Waals surface area contributed by atoms with Crippen molar-refractivity contribution in [3.8, 4) is 0 Å². The van der Waals surface area contributed by atoms with Gasteiger partial charge in [0, 0.05) is 0 Å². The summed E-state index contributed by atoms with van der Waals surface area (Å²) in [5.74, 6) is 0. The van der Waals surface area contributed by atoms with E-state index in [1.165, 1.54) is 0 Å². The Kier molecular flexibility index (Phi) is 6.97. The lowest BCUT2D eigenvalue weighted by Crippen LogP contribution is -2.09. The maximum atomic E-state index is 13.3. The maximum absolute atomic E-state index is 13.3. The summed E-state index contributed by atoms with van der Waals surface area (Å²) < 4.78 is 24.7. The number of hydrogen-bond acceptors (Lipinski definition) is 4. The van der Waals surface area contributed by atoms with Gasteiger partial charge in [0.1, 0.15) is 0 Å². The molecule has 1 unspecified atom stereocenters. The van der Waals surface area contributed by atoms with E-state index in [0.29, 0.717) is 5.56 Å². The van der Waals surface area contributed by atoms with Crippen LogP contribution in [-0.2, 0) is 26.8 Å². The highest BCUT2D eigenvalue weighted by molar-refractivity contribution is 7.53. The van der Waals surface area contributed by atoms with E-state index in [0.717, 1.165) is 11.1 Å². The van der Waals surface area contributed by atoms with Crippen LogP contribution < -0.4 is 0 Å². The average Bonchev–Trinajstić information content (AvgIpc) is 2.73. The zero-order chi connectivity index (χ0) is 19.0. The molecular weight excluding hydrogens is 359 g/mol. The van der Waals surface area contributed by atoms with Gasteiger partial charge in [0.15, 0.2) is 0 Å². The normalized spacial score (nSPS) is 12.6. The zero-order valence-corrected chi connectivity index (χ0v) is 15.9. The fourth-order valence-corrected chi connectivity index (χ4v) is 4.24. The molecule has 0 aliphatic carbocycles. The Morgan fingerprint density at radius 2 is 1.11 bits per heavy atom. The lowest BCUT2D eigenvalue weighted by Gasteiger charge is -2.22. The molecule has 3 aromatic rings. The van der Waals surface area contributed by atoms with E-state index in [4.69, 9.17) is 9.05 Å². The van der Waals surface area contributed by atoms with Crippen LogP contribution in [0.1, 0.15) is 22.8 Å². The minimum Gasteiger partial charge on any atom is -0.388 e. The summed E-state index contributed by atoms with van der Waals surface area (Å²) in [7, 11) is -3.52. The van der Waals surface area contributed by atoms with Crippen molar-refractivity contribution >= 4 is 7.60 Å². The van der Waals surface area contributed by atoms with E-state index in [1.54, 1.807) is 12.1 Å². The van der Waals surface area contributed by atoms with Gasteiger partial charge in [0.2, 0.25) is 0 Å². The van der Waals surface area contributed by atoms with Crippen LogP contribution in [0.25, 0.3) is 0 Å². The van der Waals surface area contributed by atoms with Crippen LogP contribution in [0.5, 0.6) is 0 Å². The van der Waals surface area contributed by atoms with Crippen LogP contribution in [0.15, 0.2) is 91.0 Å². The summed E-state index contributed by atoms with van der Waals surface area (Å²) >= 11 is 0. The van der Waals surface area contributed by atoms with Gasteiger partial charge in [-0.25, -0.2) is 0 Å². The van der Waals surface area contributed by atoms with Gasteiger partial charge in [0.05, 0.1) is 25.5 Å². The predicted molar refractivity (Wildman–Crippen MR) is 106 cm³/mol. The van der Waals surface area contributed by atoms with Gasteiger partial charge in [-0.2, -0.15) is 0 Å². The van der Waals surface area contributed by atoms with Crippen molar-refractivity contribution in [3.05, 3.63) is 108 Å². The first-order chi connectivity index (χ1) is 13.1. The SMILES string of the molecule is O=P(CC(O)c1ccccc1)(OCc1ccccc1)OCc1ccccc1. The topological polar surface area (TPSA) is 55.8 Å². The lowest BCUT2D eigenvalue weighted by molar-refractivity contribution is 0.157. The molecule has 0 radical (unpaired) electrons. The highest BCUT2D eigenvalue weighted by Gasteiger charge is 2.29. The Bertz CT molecular complexity index is 806. The van der Waals surface area contributed by atoms with Crippen molar-refractivity contribution in [2.45, 2.75) is 19.3 Å². The van der Waals surface area contributed by atoms with Crippen molar-refractivity contribution in [2.24, 2.45) is 0 Å². The molecule has 5 heteroatoms. The molecule has 27 heavy (non-hydrogen) atoms. The molecule has 0 saturated heterocycles. The van der Waals surface area contributed by atoms with Crippen molar-refractivity contribution in [1.82, 2.24) is 0 Å². The van der Waals surface area contributed by atoms with Gasteiger partial charge in [-0.15, -0.1) is 0 Å². The van der Waals surface area contributed by atoms with Crippen molar-refractivity contribution in [1.29, 1.82) is 0 Å². The second kappa shape index (κ2) is 9.63. The van der Waals surface area contributed by atoms with Crippen LogP contribution >= 0.6 is 7.60 Å². The molecule has 0 amide bonds. The molecule has 0 bridgehead atoms. The van der Waals surface area contributed by atoms with E-state index >= 15 is 0 Å². The molecule has 0 aromatic heterocycles. The maximum Gasteiger partial charge on any atom is 0.334 e. The number of rotatable bonds is 9. The Morgan fingerprint density at radius 3 is 1.56 bits per heavy atom. The number of hydrogen-bond donors (Lipinski definition) is 1. The van der Waals surface area contributed by atoms with Gasteiger partial charge in [0.25, 0.3) is 0 Å². The van der Waals surface area contributed by atoms with E-state index < -0.39 is 13.7 Å². The van der Waals surface area contributed by atoms with E-state index in [1.807, 2.05) is 78.9 Å². The molecule has 3 rings (SSSR count). The summed E-state index contributed by atoms with van der Waals surface area (Å²) in [4.78, 5) is 0. The molecule has 0 aliphatic rings. The minimum absolute atomic E-state index is 0.101. The Hall–Kier alpha value is -2.23. The molecule has 4 nitrogen and oxygen atoms in total. The third kappa shape index (κ3) is 6.16. The number of benzene rings is 3. The summed E-state index contributed by atoms with van der Waals surface area (Å²) in [6.07, 6.45) is -1.03. The Labute approximate surface area is 159 Å². The smallest absolute Gasteiger partial charge is 0.334 e. The third-order valence-corrected chi connectivity index (χ3v) is 5.96. The summed E-state index contributed by atoms with van der Waals surface area (Å²) in [5, 5.41) is 10.5. The number of aliphatic hydroxyl groups is 1. The monoisotopic (exact) mass is 382 g/mol. The fourth-order valence-electron chi connectivity index (χ4n) is 2.63. The van der Waals surface area contributed by atoms with Crippen molar-refractivity contribution < 1.29 is 18.7 Å². The molecular formula is C22H23O4P. The Morgan fingerprint density at radius 1 is 0.704 bits per heavy atom. The predicted octanol–water partition coefficient (Wildman–Crippen LogP) is 5.35. The average molecular weight is 382 g/mol. The van der Waals surface area contributed by atoms with Crippen molar-refractivity contribution in [2.75, 3.05) is 6.16 Å². The summed E-state index contributed by atoms with van der Waals surface area (Å²) in [5.41, 5.74) is 2.48. The number of aliphatic hydroxyl groups excluding tert-OH is 1. The first-order valence-corrected chi connectivity index (χ1v) is 10.6. The summed E-state index contributed by atoms with van der Waals surface area (Å²) in [6, 6.07) is 28.1. The van der Waals surface area contributed by atoms with Gasteiger partial charge in [-0.05, 0) is 16.7 Å². The lowest BCUT2D eigenvalue weighted by atomic mass is 10.1. The second-order valence-electron chi connectivity index (χ2n) is 6.24. The minimum atomic E-state index is -3.52. The quantitative estimate of drug-likeness (QED) is 0.507. The van der Waals surface area contributed by atoms with E-state index in [9.17, 15) is 9.67 Å². The first kappa shape index (κ1) is 19.5. The summed E-state index contributed by atoms with van der Waals surface area (Å²) in [6.45, 7) is 0.322. The van der Waals surface area contributed by atoms with Gasteiger partial charge in [-0.1, -0.05) is 91.0 Å². The highest BCUT2D eigenvalue weighted by Crippen LogP contribution is 2.52. The molecule has 3 aromatic carbocycles. The van der Waals surface area contributed by atoms with Gasteiger partial charge < -0.3 is 14.2 Å². The van der Waals surface area contributed by atoms with Crippen molar-refractivity contribution in [3.63, 3.8) is 0 Å². The second-order valence-corrected chi connectivity index (χ2v) is 8.34. The molecule has 0 spiro atoms. The molecule has 0 heterocycles. The van der Waals surface area contributed by atoms with Gasteiger partial charge >= 0.3 is 7.60 Å². The molecule has 1 atom stereocenters. The molecule has 0 aliphatic heterocycles. The molecule has 0 saturated carbocycles. The van der Waals surface area contributed by atoms with Crippen LogP contribution in [0, 0.1) is 0 Å². The molecule has 1 N–H and O–H groups in total.